The summed E-state index contributed by atoms with van der Waals surface area (Å²) >= 11 is 0. The van der Waals surface area contributed by atoms with E-state index in [9.17, 15) is 28.3 Å². The van der Waals surface area contributed by atoms with Crippen LogP contribution in [0.5, 0.6) is 0 Å². The van der Waals surface area contributed by atoms with Gasteiger partial charge in [-0.25, -0.2) is 13.6 Å². The maximum atomic E-state index is 14.0. The highest BCUT2D eigenvalue weighted by atomic mass is 19.1. The number of benzene rings is 2. The summed E-state index contributed by atoms with van der Waals surface area (Å²) in [6.45, 7) is 3.34. The number of anilines is 2. The Morgan fingerprint density at radius 2 is 1.86 bits per heavy atom. The molecule has 2 amide bonds. The minimum Gasteiger partial charge on any atom is -0.478 e. The molecule has 3 rings (SSSR count). The Morgan fingerprint density at radius 1 is 1.14 bits per heavy atom. The van der Waals surface area contributed by atoms with Crippen molar-refractivity contribution >= 4 is 29.2 Å². The number of carboxylic acid groups (broad SMARTS) is 1. The lowest BCUT2D eigenvalue weighted by molar-refractivity contribution is -0.122. The van der Waals surface area contributed by atoms with Crippen molar-refractivity contribution in [1.82, 2.24) is 0 Å². The Labute approximate surface area is 159 Å². The molecule has 6 nitrogen and oxygen atoms in total. The van der Waals surface area contributed by atoms with Gasteiger partial charge in [-0.3, -0.25) is 9.59 Å². The fourth-order valence-corrected chi connectivity index (χ4v) is 3.27. The lowest BCUT2D eigenvalue weighted by Gasteiger charge is -2.18. The Bertz CT molecular complexity index is 990. The third-order valence-electron chi connectivity index (χ3n) is 4.76. The van der Waals surface area contributed by atoms with Crippen LogP contribution in [0.15, 0.2) is 30.3 Å². The molecule has 1 unspecified atom stereocenters. The molecule has 1 atom stereocenters. The number of carbonyl (C=O) groups is 3. The van der Waals surface area contributed by atoms with Gasteiger partial charge >= 0.3 is 5.97 Å². The highest BCUT2D eigenvalue weighted by molar-refractivity contribution is 6.04. The summed E-state index contributed by atoms with van der Waals surface area (Å²) in [6.07, 6.45) is -0.126. The molecule has 146 valence electrons. The molecule has 0 radical (unpaired) electrons. The zero-order valence-corrected chi connectivity index (χ0v) is 15.3. The molecular weight excluding hydrogens is 370 g/mol. The van der Waals surface area contributed by atoms with Crippen LogP contribution >= 0.6 is 0 Å². The fourth-order valence-electron chi connectivity index (χ4n) is 3.27. The van der Waals surface area contributed by atoms with Crippen LogP contribution in [0.25, 0.3) is 0 Å². The maximum Gasteiger partial charge on any atom is 0.336 e. The fraction of sp³-hybridized carbons (Fsp3) is 0.250. The molecule has 28 heavy (non-hydrogen) atoms. The largest absolute Gasteiger partial charge is 0.478 e. The van der Waals surface area contributed by atoms with E-state index in [4.69, 9.17) is 0 Å². The summed E-state index contributed by atoms with van der Waals surface area (Å²) in [4.78, 5) is 37.3. The van der Waals surface area contributed by atoms with Crippen LogP contribution in [0.4, 0.5) is 20.2 Å². The van der Waals surface area contributed by atoms with Gasteiger partial charge in [0.1, 0.15) is 11.6 Å². The van der Waals surface area contributed by atoms with Crippen molar-refractivity contribution in [2.45, 2.75) is 20.3 Å². The van der Waals surface area contributed by atoms with Gasteiger partial charge in [0, 0.05) is 24.7 Å². The molecule has 0 aliphatic carbocycles. The van der Waals surface area contributed by atoms with Crippen molar-refractivity contribution in [1.29, 1.82) is 0 Å². The first kappa shape index (κ1) is 19.5. The number of aryl methyl sites for hydroxylation is 2. The van der Waals surface area contributed by atoms with E-state index >= 15 is 0 Å². The molecule has 1 heterocycles. The number of nitrogens with zero attached hydrogens (tertiary/aromatic N) is 1. The predicted molar refractivity (Wildman–Crippen MR) is 98.3 cm³/mol. The first-order chi connectivity index (χ1) is 13.2. The molecular formula is C20H18F2N2O4. The van der Waals surface area contributed by atoms with Gasteiger partial charge in [0.2, 0.25) is 11.8 Å². The quantitative estimate of drug-likeness (QED) is 0.842. The van der Waals surface area contributed by atoms with Gasteiger partial charge in [-0.2, -0.15) is 0 Å². The van der Waals surface area contributed by atoms with Crippen LogP contribution in [0, 0.1) is 31.4 Å². The molecule has 1 aliphatic rings. The molecule has 1 saturated heterocycles. The number of amides is 2. The van der Waals surface area contributed by atoms with Crippen LogP contribution in [0.2, 0.25) is 0 Å². The normalized spacial score (nSPS) is 16.4. The average Bonchev–Trinajstić information content (AvgIpc) is 2.98. The van der Waals surface area contributed by atoms with Gasteiger partial charge in [0.25, 0.3) is 0 Å². The molecule has 0 aromatic heterocycles. The number of halogens is 2. The molecule has 1 fully saturated rings. The lowest BCUT2D eigenvalue weighted by Crippen LogP contribution is -2.29. The molecule has 8 heteroatoms. The van der Waals surface area contributed by atoms with Crippen molar-refractivity contribution < 1.29 is 28.3 Å². The van der Waals surface area contributed by atoms with Gasteiger partial charge in [0.05, 0.1) is 17.2 Å². The van der Waals surface area contributed by atoms with Crippen molar-refractivity contribution in [3.8, 4) is 0 Å². The van der Waals surface area contributed by atoms with Crippen LogP contribution in [-0.4, -0.2) is 29.4 Å². The summed E-state index contributed by atoms with van der Waals surface area (Å²) in [7, 11) is 0. The van der Waals surface area contributed by atoms with Gasteiger partial charge in [-0.15, -0.1) is 0 Å². The molecule has 2 N–H and O–H groups in total. The SMILES string of the molecule is Cc1cc(C)c(C(=O)O)cc1NC(=O)C1CC(=O)N(c2ccc(F)cc2F)C1. The zero-order valence-electron chi connectivity index (χ0n) is 15.3. The van der Waals surface area contributed by atoms with Gasteiger partial charge in [-0.05, 0) is 43.2 Å². The number of hydrogen-bond acceptors (Lipinski definition) is 3. The molecule has 2 aromatic rings. The number of hydrogen-bond donors (Lipinski definition) is 2. The minimum atomic E-state index is -1.11. The van der Waals surface area contributed by atoms with E-state index in [1.54, 1.807) is 19.9 Å². The number of nitrogens with one attached hydrogen (secondary N) is 1. The summed E-state index contributed by atoms with van der Waals surface area (Å²) in [6, 6.07) is 5.91. The number of carbonyl (C=O) groups excluding carboxylic acids is 2. The first-order valence-electron chi connectivity index (χ1n) is 8.58. The van der Waals surface area contributed by atoms with E-state index in [0.29, 0.717) is 22.9 Å². The van der Waals surface area contributed by atoms with Crippen LogP contribution in [0.1, 0.15) is 27.9 Å². The second-order valence-corrected chi connectivity index (χ2v) is 6.78. The lowest BCUT2D eigenvalue weighted by atomic mass is 10.0. The van der Waals surface area contributed by atoms with E-state index in [1.165, 1.54) is 6.07 Å². The van der Waals surface area contributed by atoms with Crippen LogP contribution in [0.3, 0.4) is 0 Å². The van der Waals surface area contributed by atoms with Crippen molar-refractivity contribution in [3.05, 3.63) is 58.7 Å². The molecule has 0 bridgehead atoms. The number of rotatable bonds is 4. The third-order valence-corrected chi connectivity index (χ3v) is 4.76. The minimum absolute atomic E-state index is 0.0517. The molecule has 2 aromatic carbocycles. The number of carboxylic acids is 1. The smallest absolute Gasteiger partial charge is 0.336 e. The summed E-state index contributed by atoms with van der Waals surface area (Å²) in [5.74, 6) is -4.41. The highest BCUT2D eigenvalue weighted by Gasteiger charge is 2.36. The zero-order chi connectivity index (χ0) is 20.6. The second-order valence-electron chi connectivity index (χ2n) is 6.78. The highest BCUT2D eigenvalue weighted by Crippen LogP contribution is 2.29. The monoisotopic (exact) mass is 388 g/mol. The Hall–Kier alpha value is -3.29. The molecule has 0 saturated carbocycles. The number of aromatic carboxylic acids is 1. The summed E-state index contributed by atoms with van der Waals surface area (Å²) < 4.78 is 27.1. The topological polar surface area (TPSA) is 86.7 Å². The van der Waals surface area contributed by atoms with E-state index in [0.717, 1.165) is 17.0 Å². The molecule has 1 aliphatic heterocycles. The average molecular weight is 388 g/mol. The summed E-state index contributed by atoms with van der Waals surface area (Å²) in [5.41, 5.74) is 1.57. The van der Waals surface area contributed by atoms with E-state index in [1.807, 2.05) is 0 Å². The van der Waals surface area contributed by atoms with Gasteiger partial charge in [0.15, 0.2) is 0 Å². The van der Waals surface area contributed by atoms with Crippen LogP contribution in [-0.2, 0) is 9.59 Å². The van der Waals surface area contributed by atoms with Crippen molar-refractivity contribution in [2.75, 3.05) is 16.8 Å². The van der Waals surface area contributed by atoms with Crippen molar-refractivity contribution in [2.24, 2.45) is 5.92 Å². The standard InChI is InChI=1S/C20H18F2N2O4/c1-10-5-11(2)16(8-14(10)20(27)28)23-19(26)12-6-18(25)24(9-12)17-4-3-13(21)7-15(17)22/h3-5,7-8,12H,6,9H2,1-2H3,(H,23,26)(H,27,28). The Kier molecular flexibility index (Phi) is 5.13. The maximum absolute atomic E-state index is 14.0. The van der Waals surface area contributed by atoms with E-state index < -0.39 is 35.3 Å². The first-order valence-corrected chi connectivity index (χ1v) is 8.58. The second kappa shape index (κ2) is 7.38. The van der Waals surface area contributed by atoms with Crippen LogP contribution < -0.4 is 10.2 Å². The predicted octanol–water partition coefficient (Wildman–Crippen LogP) is 3.27. The Balaban J connectivity index is 1.78. The third kappa shape index (κ3) is 3.71. The van der Waals surface area contributed by atoms with E-state index in [-0.39, 0.29) is 24.2 Å². The van der Waals surface area contributed by atoms with E-state index in [2.05, 4.69) is 5.32 Å². The van der Waals surface area contributed by atoms with Gasteiger partial charge in [-0.1, -0.05) is 6.07 Å². The molecule has 0 spiro atoms. The summed E-state index contributed by atoms with van der Waals surface area (Å²) in [5, 5.41) is 11.9. The van der Waals surface area contributed by atoms with Gasteiger partial charge < -0.3 is 15.3 Å². The van der Waals surface area contributed by atoms with Crippen molar-refractivity contribution in [3.63, 3.8) is 0 Å². The Morgan fingerprint density at radius 3 is 2.50 bits per heavy atom.